The molecule has 3 nitrogen and oxygen atoms in total. The highest BCUT2D eigenvalue weighted by Gasteiger charge is 2.05. The molecule has 1 aromatic carbocycles. The molecule has 0 fully saturated rings. The number of hydrogen-bond acceptors (Lipinski definition) is 2. The number of imidazole rings is 1. The summed E-state index contributed by atoms with van der Waals surface area (Å²) >= 11 is 0. The van der Waals surface area contributed by atoms with E-state index in [9.17, 15) is 0 Å². The van der Waals surface area contributed by atoms with Gasteiger partial charge in [0, 0.05) is 30.4 Å². The van der Waals surface area contributed by atoms with E-state index in [-0.39, 0.29) is 0 Å². The Morgan fingerprint density at radius 2 is 1.94 bits per heavy atom. The molecule has 0 saturated heterocycles. The van der Waals surface area contributed by atoms with E-state index in [0.717, 1.165) is 24.3 Å². The summed E-state index contributed by atoms with van der Waals surface area (Å²) in [6.45, 7) is 2.96. The zero-order chi connectivity index (χ0) is 12.4. The second-order valence-corrected chi connectivity index (χ2v) is 4.32. The Hall–Kier alpha value is -2.16. The molecule has 0 bridgehead atoms. The van der Waals surface area contributed by atoms with Crippen LogP contribution in [-0.2, 0) is 13.0 Å². The quantitative estimate of drug-likeness (QED) is 0.701. The first-order chi connectivity index (χ1) is 8.88. The maximum atomic E-state index is 4.48. The van der Waals surface area contributed by atoms with Crippen molar-refractivity contribution in [3.8, 4) is 0 Å². The van der Waals surface area contributed by atoms with Crippen molar-refractivity contribution in [1.82, 2.24) is 14.5 Å². The molecule has 0 atom stereocenters. The van der Waals surface area contributed by atoms with Gasteiger partial charge in [0.15, 0.2) is 0 Å². The van der Waals surface area contributed by atoms with Crippen molar-refractivity contribution in [3.63, 3.8) is 0 Å². The van der Waals surface area contributed by atoms with Crippen molar-refractivity contribution in [2.75, 3.05) is 0 Å². The lowest BCUT2D eigenvalue weighted by Crippen LogP contribution is -2.04. The molecule has 0 unspecified atom stereocenters. The Kier molecular flexibility index (Phi) is 2.81. The zero-order valence-corrected chi connectivity index (χ0v) is 10.4. The van der Waals surface area contributed by atoms with Crippen LogP contribution < -0.4 is 0 Å². The number of rotatable bonds is 3. The number of para-hydroxylation sites is 1. The van der Waals surface area contributed by atoms with Gasteiger partial charge in [0.25, 0.3) is 0 Å². The molecule has 2 aromatic heterocycles. The molecule has 3 heteroatoms. The first-order valence-corrected chi connectivity index (χ1v) is 6.21. The average Bonchev–Trinajstić information content (AvgIpc) is 2.86. The van der Waals surface area contributed by atoms with Crippen LogP contribution in [0.2, 0.25) is 0 Å². The van der Waals surface area contributed by atoms with Gasteiger partial charge in [0.05, 0.1) is 12.1 Å². The number of fused-ring (bicyclic) bond motifs is 1. The summed E-state index contributed by atoms with van der Waals surface area (Å²) in [6, 6.07) is 10.4. The van der Waals surface area contributed by atoms with Gasteiger partial charge in [-0.3, -0.25) is 4.98 Å². The van der Waals surface area contributed by atoms with E-state index in [0.29, 0.717) is 0 Å². The van der Waals surface area contributed by atoms with Gasteiger partial charge >= 0.3 is 0 Å². The SMILES string of the molecule is CCc1nccn1Cc1cccc2cccnc12. The minimum Gasteiger partial charge on any atom is -0.330 e. The summed E-state index contributed by atoms with van der Waals surface area (Å²) in [5.74, 6) is 1.11. The van der Waals surface area contributed by atoms with Gasteiger partial charge in [0.2, 0.25) is 0 Å². The maximum Gasteiger partial charge on any atom is 0.108 e. The van der Waals surface area contributed by atoms with Crippen LogP contribution in [0.3, 0.4) is 0 Å². The van der Waals surface area contributed by atoms with Gasteiger partial charge in [-0.25, -0.2) is 4.98 Å². The molecule has 90 valence electrons. The van der Waals surface area contributed by atoms with E-state index >= 15 is 0 Å². The summed E-state index contributed by atoms with van der Waals surface area (Å²) in [5.41, 5.74) is 2.32. The van der Waals surface area contributed by atoms with Crippen molar-refractivity contribution < 1.29 is 0 Å². The molecule has 0 aliphatic heterocycles. The van der Waals surface area contributed by atoms with Crippen molar-refractivity contribution in [3.05, 3.63) is 60.3 Å². The molecular formula is C15H15N3. The molecule has 2 heterocycles. The van der Waals surface area contributed by atoms with Crippen molar-refractivity contribution >= 4 is 10.9 Å². The van der Waals surface area contributed by atoms with Crippen molar-refractivity contribution in [2.45, 2.75) is 19.9 Å². The first kappa shape index (κ1) is 11.0. The highest BCUT2D eigenvalue weighted by atomic mass is 15.1. The van der Waals surface area contributed by atoms with Crippen LogP contribution in [0.15, 0.2) is 48.9 Å². The fourth-order valence-corrected chi connectivity index (χ4v) is 2.28. The lowest BCUT2D eigenvalue weighted by Gasteiger charge is -2.08. The molecule has 0 N–H and O–H groups in total. The molecule has 0 amide bonds. The highest BCUT2D eigenvalue weighted by molar-refractivity contribution is 5.81. The number of pyridine rings is 1. The number of nitrogens with zero attached hydrogens (tertiary/aromatic N) is 3. The van der Waals surface area contributed by atoms with Crippen molar-refractivity contribution in [1.29, 1.82) is 0 Å². The first-order valence-electron chi connectivity index (χ1n) is 6.21. The molecule has 3 aromatic rings. The third-order valence-electron chi connectivity index (χ3n) is 3.17. The summed E-state index contributed by atoms with van der Waals surface area (Å²) in [7, 11) is 0. The highest BCUT2D eigenvalue weighted by Crippen LogP contribution is 2.17. The molecular weight excluding hydrogens is 222 g/mol. The Balaban J connectivity index is 2.05. The van der Waals surface area contributed by atoms with E-state index in [1.807, 2.05) is 24.7 Å². The summed E-state index contributed by atoms with van der Waals surface area (Å²) in [6.07, 6.45) is 6.68. The minimum atomic E-state index is 0.831. The molecule has 3 rings (SSSR count). The monoisotopic (exact) mass is 237 g/mol. The molecule has 0 aliphatic rings. The van der Waals surface area contributed by atoms with E-state index in [1.54, 1.807) is 0 Å². The van der Waals surface area contributed by atoms with Crippen LogP contribution in [0.5, 0.6) is 0 Å². The average molecular weight is 237 g/mol. The molecule has 0 saturated carbocycles. The largest absolute Gasteiger partial charge is 0.330 e. The Labute approximate surface area is 106 Å². The predicted octanol–water partition coefficient (Wildman–Crippen LogP) is 3.04. The molecule has 0 aliphatic carbocycles. The van der Waals surface area contributed by atoms with Gasteiger partial charge < -0.3 is 4.57 Å². The van der Waals surface area contributed by atoms with Crippen molar-refractivity contribution in [2.24, 2.45) is 0 Å². The smallest absolute Gasteiger partial charge is 0.108 e. The van der Waals surface area contributed by atoms with Crippen LogP contribution in [0, 0.1) is 0 Å². The van der Waals surface area contributed by atoms with Gasteiger partial charge in [-0.05, 0) is 11.6 Å². The van der Waals surface area contributed by atoms with Gasteiger partial charge in [-0.2, -0.15) is 0 Å². The number of aromatic nitrogens is 3. The summed E-state index contributed by atoms with van der Waals surface area (Å²) in [4.78, 5) is 8.84. The van der Waals surface area contributed by atoms with E-state index in [1.165, 1.54) is 10.9 Å². The fourth-order valence-electron chi connectivity index (χ4n) is 2.28. The minimum absolute atomic E-state index is 0.831. The lowest BCUT2D eigenvalue weighted by atomic mass is 10.1. The van der Waals surface area contributed by atoms with Crippen LogP contribution in [-0.4, -0.2) is 14.5 Å². The number of aryl methyl sites for hydroxylation is 1. The molecule has 0 spiro atoms. The Morgan fingerprint density at radius 1 is 1.06 bits per heavy atom. The number of benzene rings is 1. The fraction of sp³-hybridized carbons (Fsp3) is 0.200. The van der Waals surface area contributed by atoms with Crippen LogP contribution in [0.4, 0.5) is 0 Å². The third-order valence-corrected chi connectivity index (χ3v) is 3.17. The standard InChI is InChI=1S/C15H15N3/c1-2-14-16-9-10-18(14)11-13-6-3-5-12-7-4-8-17-15(12)13/h3-10H,2,11H2,1H3. The zero-order valence-electron chi connectivity index (χ0n) is 10.4. The summed E-state index contributed by atoms with van der Waals surface area (Å²) in [5, 5.41) is 1.19. The Bertz CT molecular complexity index is 665. The van der Waals surface area contributed by atoms with E-state index < -0.39 is 0 Å². The second-order valence-electron chi connectivity index (χ2n) is 4.32. The van der Waals surface area contributed by atoms with Gasteiger partial charge in [-0.1, -0.05) is 31.2 Å². The van der Waals surface area contributed by atoms with Gasteiger partial charge in [-0.15, -0.1) is 0 Å². The van der Waals surface area contributed by atoms with E-state index in [4.69, 9.17) is 0 Å². The second kappa shape index (κ2) is 4.61. The van der Waals surface area contributed by atoms with Gasteiger partial charge in [0.1, 0.15) is 5.82 Å². The third kappa shape index (κ3) is 1.88. The number of hydrogen-bond donors (Lipinski definition) is 0. The molecule has 18 heavy (non-hydrogen) atoms. The maximum absolute atomic E-state index is 4.48. The van der Waals surface area contributed by atoms with Crippen LogP contribution >= 0.6 is 0 Å². The van der Waals surface area contributed by atoms with Crippen LogP contribution in [0.1, 0.15) is 18.3 Å². The van der Waals surface area contributed by atoms with Crippen LogP contribution in [0.25, 0.3) is 10.9 Å². The normalized spacial score (nSPS) is 10.9. The van der Waals surface area contributed by atoms with E-state index in [2.05, 4.69) is 45.7 Å². The lowest BCUT2D eigenvalue weighted by molar-refractivity contribution is 0.734. The predicted molar refractivity (Wildman–Crippen MR) is 72.5 cm³/mol. The topological polar surface area (TPSA) is 30.7 Å². The summed E-state index contributed by atoms with van der Waals surface area (Å²) < 4.78 is 2.18. The Morgan fingerprint density at radius 3 is 2.83 bits per heavy atom. The molecule has 0 radical (unpaired) electrons.